The fourth-order valence-corrected chi connectivity index (χ4v) is 1.83. The number of nitrogens with one attached hydrogen (secondary N) is 1. The summed E-state index contributed by atoms with van der Waals surface area (Å²) in [5, 5.41) is 2.88. The zero-order chi connectivity index (χ0) is 13.7. The van der Waals surface area contributed by atoms with Gasteiger partial charge in [0.15, 0.2) is 0 Å². The molecule has 1 amide bonds. The van der Waals surface area contributed by atoms with E-state index in [0.717, 1.165) is 5.69 Å². The highest BCUT2D eigenvalue weighted by atomic mass is 16.2. The second-order valence-electron chi connectivity index (χ2n) is 5.51. The fourth-order valence-electron chi connectivity index (χ4n) is 1.83. The molecule has 0 bridgehead atoms. The Hall–Kier alpha value is -1.35. The van der Waals surface area contributed by atoms with Crippen molar-refractivity contribution in [3.05, 3.63) is 29.8 Å². The summed E-state index contributed by atoms with van der Waals surface area (Å²) in [5.74, 6) is 0.767. The first-order valence-electron chi connectivity index (χ1n) is 6.56. The van der Waals surface area contributed by atoms with Crippen molar-refractivity contribution in [2.24, 2.45) is 11.7 Å². The van der Waals surface area contributed by atoms with E-state index in [9.17, 15) is 4.79 Å². The predicted molar refractivity (Wildman–Crippen MR) is 76.6 cm³/mol. The molecular formula is C15H24N2O. The zero-order valence-corrected chi connectivity index (χ0v) is 11.7. The molecule has 0 aliphatic carbocycles. The Balaban J connectivity index is 2.67. The lowest BCUT2D eigenvalue weighted by atomic mass is 10.0. The van der Waals surface area contributed by atoms with Crippen LogP contribution in [0, 0.1) is 5.92 Å². The largest absolute Gasteiger partial charge is 0.325 e. The van der Waals surface area contributed by atoms with Crippen LogP contribution in [0.15, 0.2) is 24.3 Å². The first-order chi connectivity index (χ1) is 8.40. The highest BCUT2D eigenvalue weighted by Crippen LogP contribution is 2.18. The molecule has 0 fully saturated rings. The number of anilines is 1. The average Bonchev–Trinajstić information content (AvgIpc) is 2.28. The van der Waals surface area contributed by atoms with E-state index in [4.69, 9.17) is 5.73 Å². The van der Waals surface area contributed by atoms with Crippen LogP contribution in [0.5, 0.6) is 0 Å². The summed E-state index contributed by atoms with van der Waals surface area (Å²) in [6, 6.07) is 7.48. The normalized spacial score (nSPS) is 12.8. The van der Waals surface area contributed by atoms with E-state index in [0.29, 0.717) is 18.3 Å². The van der Waals surface area contributed by atoms with Crippen LogP contribution < -0.4 is 11.1 Å². The Morgan fingerprint density at radius 1 is 1.28 bits per heavy atom. The van der Waals surface area contributed by atoms with Crippen LogP contribution in [0.2, 0.25) is 0 Å². The van der Waals surface area contributed by atoms with Gasteiger partial charge in [-0.05, 0) is 36.0 Å². The van der Waals surface area contributed by atoms with Crippen LogP contribution in [-0.4, -0.2) is 11.9 Å². The van der Waals surface area contributed by atoms with Crippen molar-refractivity contribution in [3.8, 4) is 0 Å². The molecule has 0 aliphatic rings. The van der Waals surface area contributed by atoms with Crippen molar-refractivity contribution >= 4 is 11.6 Å². The monoisotopic (exact) mass is 248 g/mol. The number of carbonyl (C=O) groups excluding carboxylic acids is 1. The predicted octanol–water partition coefficient (Wildman–Crippen LogP) is 3.12. The van der Waals surface area contributed by atoms with Gasteiger partial charge in [-0.2, -0.15) is 0 Å². The van der Waals surface area contributed by atoms with E-state index in [2.05, 4.69) is 39.1 Å². The lowest BCUT2D eigenvalue weighted by molar-refractivity contribution is -0.117. The van der Waals surface area contributed by atoms with E-state index in [1.165, 1.54) is 5.56 Å². The minimum Gasteiger partial charge on any atom is -0.325 e. The van der Waals surface area contributed by atoms with Crippen LogP contribution in [0.25, 0.3) is 0 Å². The molecule has 0 saturated heterocycles. The van der Waals surface area contributed by atoms with Gasteiger partial charge in [-0.3, -0.25) is 4.79 Å². The van der Waals surface area contributed by atoms with Crippen molar-refractivity contribution in [1.29, 1.82) is 0 Å². The van der Waals surface area contributed by atoms with Crippen molar-refractivity contribution in [3.63, 3.8) is 0 Å². The molecule has 0 aromatic heterocycles. The molecule has 0 saturated carbocycles. The topological polar surface area (TPSA) is 55.1 Å². The van der Waals surface area contributed by atoms with E-state index < -0.39 is 6.04 Å². The molecular weight excluding hydrogens is 224 g/mol. The average molecular weight is 248 g/mol. The Bertz CT molecular complexity index is 399. The van der Waals surface area contributed by atoms with Gasteiger partial charge in [0.2, 0.25) is 5.91 Å². The van der Waals surface area contributed by atoms with Crippen molar-refractivity contribution in [2.75, 3.05) is 5.32 Å². The fraction of sp³-hybridized carbons (Fsp3) is 0.533. The molecule has 0 aliphatic heterocycles. The van der Waals surface area contributed by atoms with Crippen LogP contribution >= 0.6 is 0 Å². The number of nitrogens with two attached hydrogens (primary N) is 1. The molecule has 1 aromatic rings. The van der Waals surface area contributed by atoms with Gasteiger partial charge in [-0.1, -0.05) is 39.8 Å². The molecule has 18 heavy (non-hydrogen) atoms. The molecule has 0 unspecified atom stereocenters. The summed E-state index contributed by atoms with van der Waals surface area (Å²) in [6.07, 6.45) is 0.704. The summed E-state index contributed by atoms with van der Waals surface area (Å²) in [5.41, 5.74) is 7.89. The highest BCUT2D eigenvalue weighted by molar-refractivity contribution is 5.94. The summed E-state index contributed by atoms with van der Waals surface area (Å²) >= 11 is 0. The SMILES string of the molecule is CC(C)C[C@@H](N)C(=O)Nc1cccc(C(C)C)c1. The Labute approximate surface area is 110 Å². The molecule has 0 heterocycles. The molecule has 0 spiro atoms. The third kappa shape index (κ3) is 4.49. The van der Waals surface area contributed by atoms with Gasteiger partial charge in [0.05, 0.1) is 6.04 Å². The van der Waals surface area contributed by atoms with Gasteiger partial charge in [-0.15, -0.1) is 0 Å². The number of hydrogen-bond acceptors (Lipinski definition) is 2. The van der Waals surface area contributed by atoms with Gasteiger partial charge in [-0.25, -0.2) is 0 Å². The van der Waals surface area contributed by atoms with Gasteiger partial charge >= 0.3 is 0 Å². The second-order valence-corrected chi connectivity index (χ2v) is 5.51. The van der Waals surface area contributed by atoms with Gasteiger partial charge in [0.25, 0.3) is 0 Å². The van der Waals surface area contributed by atoms with Crippen molar-refractivity contribution in [1.82, 2.24) is 0 Å². The summed E-state index contributed by atoms with van der Waals surface area (Å²) in [6.45, 7) is 8.38. The van der Waals surface area contributed by atoms with E-state index in [-0.39, 0.29) is 5.91 Å². The third-order valence-electron chi connectivity index (χ3n) is 2.88. The maximum absolute atomic E-state index is 11.9. The molecule has 1 aromatic carbocycles. The Morgan fingerprint density at radius 3 is 2.50 bits per heavy atom. The number of amides is 1. The molecule has 1 rings (SSSR count). The lowest BCUT2D eigenvalue weighted by Crippen LogP contribution is -2.36. The smallest absolute Gasteiger partial charge is 0.241 e. The summed E-state index contributed by atoms with van der Waals surface area (Å²) in [7, 11) is 0. The zero-order valence-electron chi connectivity index (χ0n) is 11.7. The maximum Gasteiger partial charge on any atom is 0.241 e. The van der Waals surface area contributed by atoms with E-state index in [1.807, 2.05) is 18.2 Å². The third-order valence-corrected chi connectivity index (χ3v) is 2.88. The molecule has 1 atom stereocenters. The number of benzene rings is 1. The second kappa shape index (κ2) is 6.55. The maximum atomic E-state index is 11.9. The number of hydrogen-bond donors (Lipinski definition) is 2. The Kier molecular flexibility index (Phi) is 5.35. The van der Waals surface area contributed by atoms with E-state index >= 15 is 0 Å². The minimum absolute atomic E-state index is 0.107. The summed E-state index contributed by atoms with van der Waals surface area (Å²) < 4.78 is 0. The lowest BCUT2D eigenvalue weighted by Gasteiger charge is -2.15. The number of rotatable bonds is 5. The van der Waals surface area contributed by atoms with Crippen molar-refractivity contribution < 1.29 is 4.79 Å². The Morgan fingerprint density at radius 2 is 1.94 bits per heavy atom. The van der Waals surface area contributed by atoms with Crippen LogP contribution in [0.1, 0.15) is 45.6 Å². The first-order valence-corrected chi connectivity index (χ1v) is 6.56. The highest BCUT2D eigenvalue weighted by Gasteiger charge is 2.15. The van der Waals surface area contributed by atoms with Gasteiger partial charge in [0, 0.05) is 5.69 Å². The van der Waals surface area contributed by atoms with Crippen LogP contribution in [0.3, 0.4) is 0 Å². The molecule has 3 nitrogen and oxygen atoms in total. The van der Waals surface area contributed by atoms with Gasteiger partial charge in [0.1, 0.15) is 0 Å². The summed E-state index contributed by atoms with van der Waals surface area (Å²) in [4.78, 5) is 11.9. The van der Waals surface area contributed by atoms with Gasteiger partial charge < -0.3 is 11.1 Å². The van der Waals surface area contributed by atoms with E-state index in [1.54, 1.807) is 0 Å². The molecule has 3 N–H and O–H groups in total. The quantitative estimate of drug-likeness (QED) is 0.841. The minimum atomic E-state index is -0.437. The molecule has 3 heteroatoms. The molecule has 100 valence electrons. The number of carbonyl (C=O) groups is 1. The van der Waals surface area contributed by atoms with Crippen molar-refractivity contribution in [2.45, 2.75) is 46.1 Å². The standard InChI is InChI=1S/C15H24N2O/c1-10(2)8-14(16)15(18)17-13-7-5-6-12(9-13)11(3)4/h5-7,9-11,14H,8,16H2,1-4H3,(H,17,18)/t14-/m1/s1. The molecule has 0 radical (unpaired) electrons. The van der Waals surface area contributed by atoms with Crippen LogP contribution in [-0.2, 0) is 4.79 Å². The van der Waals surface area contributed by atoms with Crippen LogP contribution in [0.4, 0.5) is 5.69 Å². The first kappa shape index (κ1) is 14.7.